The van der Waals surface area contributed by atoms with Gasteiger partial charge in [0, 0.05) is 11.4 Å². The van der Waals surface area contributed by atoms with Crippen molar-refractivity contribution in [2.24, 2.45) is 0 Å². The molecule has 0 aliphatic carbocycles. The van der Waals surface area contributed by atoms with Gasteiger partial charge >= 0.3 is 0 Å². The van der Waals surface area contributed by atoms with Crippen LogP contribution in [0.3, 0.4) is 0 Å². The highest BCUT2D eigenvalue weighted by Gasteiger charge is 2.18. The molecule has 0 saturated heterocycles. The lowest BCUT2D eigenvalue weighted by atomic mass is 10.1. The highest BCUT2D eigenvalue weighted by atomic mass is 35.5. The van der Waals surface area contributed by atoms with Crippen molar-refractivity contribution in [1.29, 1.82) is 0 Å². The molecule has 0 saturated carbocycles. The smallest absolute Gasteiger partial charge is 0.136 e. The summed E-state index contributed by atoms with van der Waals surface area (Å²) in [6, 6.07) is 5.54. The molecule has 80 valence electrons. The van der Waals surface area contributed by atoms with Gasteiger partial charge in [-0.15, -0.1) is 0 Å². The minimum atomic E-state index is -0.690. The van der Waals surface area contributed by atoms with E-state index in [1.807, 2.05) is 25.1 Å². The lowest BCUT2D eigenvalue weighted by Crippen LogP contribution is -2.02. The monoisotopic (exact) mass is 224 g/mol. The van der Waals surface area contributed by atoms with Gasteiger partial charge < -0.3 is 9.84 Å². The highest BCUT2D eigenvalue weighted by molar-refractivity contribution is 6.30. The Kier molecular flexibility index (Phi) is 2.98. The summed E-state index contributed by atoms with van der Waals surface area (Å²) in [5.41, 5.74) is 1.82. The first-order chi connectivity index (χ1) is 7.16. The summed E-state index contributed by atoms with van der Waals surface area (Å²) < 4.78 is 5.32. The van der Waals surface area contributed by atoms with E-state index in [9.17, 15) is 5.11 Å². The summed E-state index contributed by atoms with van der Waals surface area (Å²) >= 11 is 5.93. The van der Waals surface area contributed by atoms with E-state index in [0.29, 0.717) is 17.4 Å². The molecule has 0 fully saturated rings. The molecule has 0 aromatic heterocycles. The van der Waals surface area contributed by atoms with Gasteiger partial charge in [0.15, 0.2) is 0 Å². The van der Waals surface area contributed by atoms with E-state index in [0.717, 1.165) is 17.5 Å². The Morgan fingerprint density at radius 2 is 2.20 bits per heavy atom. The van der Waals surface area contributed by atoms with Gasteiger partial charge in [-0.05, 0) is 36.3 Å². The molecule has 0 spiro atoms. The van der Waals surface area contributed by atoms with Crippen LogP contribution in [-0.4, -0.2) is 11.7 Å². The van der Waals surface area contributed by atoms with Crippen LogP contribution in [0.2, 0.25) is 5.02 Å². The summed E-state index contributed by atoms with van der Waals surface area (Å²) in [6.07, 6.45) is 2.09. The number of benzene rings is 1. The van der Waals surface area contributed by atoms with E-state index in [2.05, 4.69) is 0 Å². The maximum atomic E-state index is 10.0. The first-order valence-corrected chi connectivity index (χ1v) is 5.32. The van der Waals surface area contributed by atoms with Crippen molar-refractivity contribution in [2.45, 2.75) is 19.4 Å². The van der Waals surface area contributed by atoms with Crippen LogP contribution >= 0.6 is 11.6 Å². The molecule has 1 aromatic rings. The van der Waals surface area contributed by atoms with E-state index in [-0.39, 0.29) is 0 Å². The number of aliphatic hydroxyl groups excluding tert-OH is 1. The second-order valence-corrected chi connectivity index (χ2v) is 4.14. The second kappa shape index (κ2) is 4.25. The number of aryl methyl sites for hydroxylation is 1. The standard InChI is InChI=1S/C12H13ClO2/c1-8-5-9(7-10(13)6-8)12(14)11-3-2-4-15-11/h3,5-7,12,14H,2,4H2,1H3. The van der Waals surface area contributed by atoms with Gasteiger partial charge in [-0.1, -0.05) is 17.7 Å². The first kappa shape index (κ1) is 10.5. The molecule has 1 aromatic carbocycles. The Labute approximate surface area is 94.1 Å². The molecule has 15 heavy (non-hydrogen) atoms. The van der Waals surface area contributed by atoms with Gasteiger partial charge in [-0.25, -0.2) is 0 Å². The molecule has 1 atom stereocenters. The summed E-state index contributed by atoms with van der Waals surface area (Å²) in [4.78, 5) is 0. The van der Waals surface area contributed by atoms with E-state index < -0.39 is 6.10 Å². The zero-order valence-corrected chi connectivity index (χ0v) is 9.29. The van der Waals surface area contributed by atoms with Crippen molar-refractivity contribution in [3.63, 3.8) is 0 Å². The predicted molar refractivity (Wildman–Crippen MR) is 59.8 cm³/mol. The van der Waals surface area contributed by atoms with Crippen LogP contribution in [0.4, 0.5) is 0 Å². The quantitative estimate of drug-likeness (QED) is 0.837. The van der Waals surface area contributed by atoms with Crippen LogP contribution in [0.15, 0.2) is 30.0 Å². The number of hydrogen-bond acceptors (Lipinski definition) is 2. The van der Waals surface area contributed by atoms with Crippen LogP contribution < -0.4 is 0 Å². The Balaban J connectivity index is 2.28. The largest absolute Gasteiger partial charge is 0.495 e. The molecule has 1 aliphatic rings. The third-order valence-corrected chi connectivity index (χ3v) is 2.60. The lowest BCUT2D eigenvalue weighted by molar-refractivity contribution is 0.119. The Bertz CT molecular complexity index is 378. The number of ether oxygens (including phenoxy) is 1. The third kappa shape index (κ3) is 2.33. The maximum Gasteiger partial charge on any atom is 0.136 e. The summed E-state index contributed by atoms with van der Waals surface area (Å²) in [6.45, 7) is 2.61. The van der Waals surface area contributed by atoms with Gasteiger partial charge in [0.25, 0.3) is 0 Å². The minimum Gasteiger partial charge on any atom is -0.495 e. The van der Waals surface area contributed by atoms with Crippen molar-refractivity contribution in [3.8, 4) is 0 Å². The molecule has 0 bridgehead atoms. The average Bonchev–Trinajstić information content (AvgIpc) is 2.67. The van der Waals surface area contributed by atoms with E-state index >= 15 is 0 Å². The van der Waals surface area contributed by atoms with E-state index in [1.54, 1.807) is 6.07 Å². The van der Waals surface area contributed by atoms with Crippen LogP contribution in [0, 0.1) is 6.92 Å². The van der Waals surface area contributed by atoms with Crippen molar-refractivity contribution < 1.29 is 9.84 Å². The fourth-order valence-electron chi connectivity index (χ4n) is 1.71. The van der Waals surface area contributed by atoms with Crippen LogP contribution in [0.5, 0.6) is 0 Å². The van der Waals surface area contributed by atoms with Gasteiger partial charge in [0.1, 0.15) is 11.9 Å². The van der Waals surface area contributed by atoms with E-state index in [4.69, 9.17) is 16.3 Å². The zero-order valence-electron chi connectivity index (χ0n) is 8.53. The molecule has 2 rings (SSSR count). The SMILES string of the molecule is Cc1cc(Cl)cc(C(O)C2=CCCO2)c1. The average molecular weight is 225 g/mol. The van der Waals surface area contributed by atoms with Crippen molar-refractivity contribution in [3.05, 3.63) is 46.2 Å². The molecule has 1 N–H and O–H groups in total. The normalized spacial score (nSPS) is 17.1. The highest BCUT2D eigenvalue weighted by Crippen LogP contribution is 2.28. The van der Waals surface area contributed by atoms with E-state index in [1.165, 1.54) is 0 Å². The third-order valence-electron chi connectivity index (χ3n) is 2.38. The summed E-state index contributed by atoms with van der Waals surface area (Å²) in [5.74, 6) is 0.636. The lowest BCUT2D eigenvalue weighted by Gasteiger charge is -2.13. The van der Waals surface area contributed by atoms with Gasteiger partial charge in [0.2, 0.25) is 0 Å². The Morgan fingerprint density at radius 3 is 2.80 bits per heavy atom. The molecule has 1 aliphatic heterocycles. The fourth-order valence-corrected chi connectivity index (χ4v) is 2.01. The molecule has 3 heteroatoms. The Morgan fingerprint density at radius 1 is 1.40 bits per heavy atom. The number of aliphatic hydroxyl groups is 1. The summed E-state index contributed by atoms with van der Waals surface area (Å²) in [7, 11) is 0. The van der Waals surface area contributed by atoms with Crippen molar-refractivity contribution in [2.75, 3.05) is 6.61 Å². The van der Waals surface area contributed by atoms with Gasteiger partial charge in [-0.3, -0.25) is 0 Å². The first-order valence-electron chi connectivity index (χ1n) is 4.95. The van der Waals surface area contributed by atoms with Gasteiger partial charge in [-0.2, -0.15) is 0 Å². The topological polar surface area (TPSA) is 29.5 Å². The predicted octanol–water partition coefficient (Wildman–Crippen LogP) is 2.99. The zero-order chi connectivity index (χ0) is 10.8. The van der Waals surface area contributed by atoms with Crippen LogP contribution in [0.1, 0.15) is 23.7 Å². The molecule has 0 amide bonds. The molecule has 1 heterocycles. The molecular weight excluding hydrogens is 212 g/mol. The molecular formula is C12H13ClO2. The molecule has 1 unspecified atom stereocenters. The molecule has 2 nitrogen and oxygen atoms in total. The fraction of sp³-hybridized carbons (Fsp3) is 0.333. The number of rotatable bonds is 2. The van der Waals surface area contributed by atoms with Crippen molar-refractivity contribution in [1.82, 2.24) is 0 Å². The second-order valence-electron chi connectivity index (χ2n) is 3.71. The van der Waals surface area contributed by atoms with Crippen LogP contribution in [-0.2, 0) is 4.74 Å². The minimum absolute atomic E-state index is 0.636. The number of halogens is 1. The maximum absolute atomic E-state index is 10.0. The number of hydrogen-bond donors (Lipinski definition) is 1. The van der Waals surface area contributed by atoms with Crippen molar-refractivity contribution >= 4 is 11.6 Å². The Hall–Kier alpha value is -0.990. The van der Waals surface area contributed by atoms with Crippen LogP contribution in [0.25, 0.3) is 0 Å². The van der Waals surface area contributed by atoms with Gasteiger partial charge in [0.05, 0.1) is 6.61 Å². The summed E-state index contributed by atoms with van der Waals surface area (Å²) in [5, 5.41) is 10.7. The molecule has 0 radical (unpaired) electrons.